The van der Waals surface area contributed by atoms with Gasteiger partial charge in [-0.1, -0.05) is 12.6 Å². The van der Waals surface area contributed by atoms with E-state index in [9.17, 15) is 4.48 Å². The number of hydrogen-bond donors (Lipinski definition) is 2. The fourth-order valence-electron chi connectivity index (χ4n) is 0.0668. The van der Waals surface area contributed by atoms with E-state index in [-0.39, 0.29) is 24.8 Å². The summed E-state index contributed by atoms with van der Waals surface area (Å²) in [5.41, 5.74) is 3.46. The molecule has 0 fully saturated rings. The second-order valence-electron chi connectivity index (χ2n) is 0.625. The molecule has 0 aliphatic rings. The van der Waals surface area contributed by atoms with Crippen molar-refractivity contribution in [2.45, 2.75) is 6.92 Å². The topological polar surface area (TPSA) is 24.1 Å². The summed E-state index contributed by atoms with van der Waals surface area (Å²) in [5.74, 6) is 0. The number of nitrogens with one attached hydrogen (secondary N) is 2. The average molecular weight is 151 g/mol. The largest absolute Gasteiger partial charge is 0.230 e. The molecule has 2 nitrogen and oxygen atoms in total. The second-order valence-corrected chi connectivity index (χ2v) is 0.625. The Labute approximate surface area is 54.6 Å². The Hall–Kier alpha value is 0.430. The lowest BCUT2D eigenvalue weighted by atomic mass is 10.8. The highest BCUT2D eigenvalue weighted by Gasteiger charge is 1.63. The van der Waals surface area contributed by atoms with Crippen molar-refractivity contribution in [2.24, 2.45) is 0 Å². The van der Waals surface area contributed by atoms with Crippen LogP contribution in [0.1, 0.15) is 6.92 Å². The van der Waals surface area contributed by atoms with Crippen molar-refractivity contribution in [3.05, 3.63) is 0 Å². The molecular formula is C2H9Cl2FN2. The maximum atomic E-state index is 10.6. The first-order valence-corrected chi connectivity index (χ1v) is 1.50. The van der Waals surface area contributed by atoms with E-state index < -0.39 is 0 Å². The van der Waals surface area contributed by atoms with Gasteiger partial charge in [0, 0.05) is 6.54 Å². The molecule has 0 saturated carbocycles. The zero-order chi connectivity index (χ0) is 4.12. The van der Waals surface area contributed by atoms with E-state index >= 15 is 0 Å². The Bertz CT molecular complexity index is 21.2. The molecule has 0 bridgehead atoms. The van der Waals surface area contributed by atoms with Gasteiger partial charge in [0.1, 0.15) is 0 Å². The standard InChI is InChI=1S/C2H7FN2.2ClH/c1-2-4-5-3;;/h4-5H,2H2,1H3;2*1H. The first kappa shape index (κ1) is 15.7. The Morgan fingerprint density at radius 3 is 1.86 bits per heavy atom. The Morgan fingerprint density at radius 2 is 1.86 bits per heavy atom. The number of halogens is 3. The van der Waals surface area contributed by atoms with Gasteiger partial charge in [0.05, 0.1) is 0 Å². The van der Waals surface area contributed by atoms with Crippen LogP contribution >= 0.6 is 24.8 Å². The quantitative estimate of drug-likeness (QED) is 0.451. The lowest BCUT2D eigenvalue weighted by Gasteiger charge is -1.85. The highest BCUT2D eigenvalue weighted by atomic mass is 35.5. The second kappa shape index (κ2) is 16.1. The molecule has 0 saturated heterocycles. The molecule has 0 atom stereocenters. The van der Waals surface area contributed by atoms with E-state index in [1.807, 2.05) is 0 Å². The summed E-state index contributed by atoms with van der Waals surface area (Å²) >= 11 is 0. The normalized spacial score (nSPS) is 6.00. The molecule has 2 N–H and O–H groups in total. The smallest absolute Gasteiger partial charge is 0.00959 e. The van der Waals surface area contributed by atoms with E-state index in [1.165, 1.54) is 5.65 Å². The summed E-state index contributed by atoms with van der Waals surface area (Å²) in [7, 11) is 0. The molecule has 48 valence electrons. The van der Waals surface area contributed by atoms with E-state index in [0.717, 1.165) is 0 Å². The lowest BCUT2D eigenvalue weighted by Crippen LogP contribution is -2.22. The van der Waals surface area contributed by atoms with Gasteiger partial charge in [0.25, 0.3) is 0 Å². The molecule has 0 rings (SSSR count). The third-order valence-electron chi connectivity index (χ3n) is 0.244. The molecule has 0 aliphatic heterocycles. The van der Waals surface area contributed by atoms with Crippen LogP contribution in [0.5, 0.6) is 0 Å². The zero-order valence-corrected chi connectivity index (χ0v) is 5.53. The van der Waals surface area contributed by atoms with Crippen molar-refractivity contribution in [2.75, 3.05) is 6.54 Å². The summed E-state index contributed by atoms with van der Waals surface area (Å²) in [5, 5.41) is 0. The van der Waals surface area contributed by atoms with Gasteiger partial charge >= 0.3 is 0 Å². The molecule has 0 heterocycles. The molecule has 0 aliphatic carbocycles. The molecule has 0 aromatic heterocycles. The number of rotatable bonds is 2. The van der Waals surface area contributed by atoms with Gasteiger partial charge in [-0.25, -0.2) is 5.43 Å². The van der Waals surface area contributed by atoms with E-state index in [2.05, 4.69) is 5.43 Å². The molecule has 5 heteroatoms. The van der Waals surface area contributed by atoms with Crippen LogP contribution in [-0.2, 0) is 0 Å². The predicted molar refractivity (Wildman–Crippen MR) is 32.4 cm³/mol. The van der Waals surface area contributed by atoms with Crippen molar-refractivity contribution >= 4 is 24.8 Å². The van der Waals surface area contributed by atoms with Gasteiger partial charge in [-0.3, -0.25) is 0 Å². The summed E-state index contributed by atoms with van der Waals surface area (Å²) < 4.78 is 10.6. The summed E-state index contributed by atoms with van der Waals surface area (Å²) in [4.78, 5) is 0. The maximum Gasteiger partial charge on any atom is 0.00959 e. The molecule has 0 aromatic rings. The van der Waals surface area contributed by atoms with Crippen molar-refractivity contribution in [1.82, 2.24) is 11.1 Å². The van der Waals surface area contributed by atoms with Gasteiger partial charge in [-0.15, -0.1) is 29.3 Å². The van der Waals surface area contributed by atoms with Crippen LogP contribution < -0.4 is 11.1 Å². The highest BCUT2D eigenvalue weighted by molar-refractivity contribution is 5.85. The Kier molecular flexibility index (Phi) is 36.0. The fourth-order valence-corrected chi connectivity index (χ4v) is 0.0668. The minimum Gasteiger partial charge on any atom is -0.230 e. The molecule has 0 amide bonds. The first-order valence-electron chi connectivity index (χ1n) is 1.50. The predicted octanol–water partition coefficient (Wildman–Crippen LogP) is 0.829. The molecule has 0 radical (unpaired) electrons. The molecule has 0 spiro atoms. The first-order chi connectivity index (χ1) is 2.41. The Balaban J connectivity index is -0.0000000800. The zero-order valence-electron chi connectivity index (χ0n) is 3.90. The van der Waals surface area contributed by atoms with E-state index in [1.54, 1.807) is 6.92 Å². The Morgan fingerprint density at radius 1 is 1.43 bits per heavy atom. The van der Waals surface area contributed by atoms with Crippen LogP contribution in [0.25, 0.3) is 0 Å². The summed E-state index contributed by atoms with van der Waals surface area (Å²) in [6, 6.07) is 0. The van der Waals surface area contributed by atoms with Crippen LogP contribution in [0.4, 0.5) is 4.48 Å². The van der Waals surface area contributed by atoms with E-state index in [0.29, 0.717) is 6.54 Å². The monoisotopic (exact) mass is 150 g/mol. The number of hydrazine groups is 1. The average Bonchev–Trinajstić information content (AvgIpc) is 1.41. The SMILES string of the molecule is CCNNF.Cl.Cl. The van der Waals surface area contributed by atoms with E-state index in [4.69, 9.17) is 0 Å². The van der Waals surface area contributed by atoms with Gasteiger partial charge in [0.15, 0.2) is 0 Å². The van der Waals surface area contributed by atoms with Crippen LogP contribution in [-0.4, -0.2) is 6.54 Å². The highest BCUT2D eigenvalue weighted by Crippen LogP contribution is 1.41. The molecule has 0 unspecified atom stereocenters. The molecule has 7 heavy (non-hydrogen) atoms. The third kappa shape index (κ3) is 21.4. The molecular weight excluding hydrogens is 142 g/mol. The lowest BCUT2D eigenvalue weighted by molar-refractivity contribution is 0.271. The van der Waals surface area contributed by atoms with Gasteiger partial charge < -0.3 is 0 Å². The minimum atomic E-state index is 0. The summed E-state index contributed by atoms with van der Waals surface area (Å²) in [6.07, 6.45) is 0. The third-order valence-corrected chi connectivity index (χ3v) is 0.244. The van der Waals surface area contributed by atoms with Crippen LogP contribution in [0.15, 0.2) is 0 Å². The van der Waals surface area contributed by atoms with Crippen molar-refractivity contribution in [3.8, 4) is 0 Å². The summed E-state index contributed by atoms with van der Waals surface area (Å²) in [6.45, 7) is 2.41. The van der Waals surface area contributed by atoms with Crippen molar-refractivity contribution in [3.63, 3.8) is 0 Å². The van der Waals surface area contributed by atoms with Crippen molar-refractivity contribution < 1.29 is 4.48 Å². The van der Waals surface area contributed by atoms with Crippen molar-refractivity contribution in [1.29, 1.82) is 0 Å². The van der Waals surface area contributed by atoms with Crippen LogP contribution in [0, 0.1) is 0 Å². The number of hydrogen-bond acceptors (Lipinski definition) is 2. The van der Waals surface area contributed by atoms with Gasteiger partial charge in [-0.2, -0.15) is 0 Å². The van der Waals surface area contributed by atoms with Gasteiger partial charge in [-0.05, 0) is 0 Å². The van der Waals surface area contributed by atoms with Crippen LogP contribution in [0.3, 0.4) is 0 Å². The fraction of sp³-hybridized carbons (Fsp3) is 1.00. The minimum absolute atomic E-state index is 0. The van der Waals surface area contributed by atoms with Gasteiger partial charge in [0.2, 0.25) is 0 Å². The maximum absolute atomic E-state index is 10.6. The molecule has 0 aromatic carbocycles. The van der Waals surface area contributed by atoms with Crippen LogP contribution in [0.2, 0.25) is 0 Å².